The van der Waals surface area contributed by atoms with Crippen molar-refractivity contribution in [1.82, 2.24) is 0 Å². The Labute approximate surface area is 127 Å². The Hall–Kier alpha value is -2.09. The quantitative estimate of drug-likeness (QED) is 0.819. The first kappa shape index (κ1) is 15.3. The van der Waals surface area contributed by atoms with Gasteiger partial charge < -0.3 is 5.32 Å². The number of anilines is 1. The molecule has 2 rings (SSSR count). The molecule has 2 nitrogen and oxygen atoms in total. The fraction of sp³-hybridized carbons (Fsp3) is 0.316. The predicted octanol–water partition coefficient (Wildman–Crippen LogP) is 5.01. The lowest BCUT2D eigenvalue weighted by molar-refractivity contribution is 0.102. The Balaban J connectivity index is 2.04. The molecule has 0 heterocycles. The van der Waals surface area contributed by atoms with Gasteiger partial charge in [-0.1, -0.05) is 45.0 Å². The van der Waals surface area contributed by atoms with Crippen molar-refractivity contribution in [1.29, 1.82) is 0 Å². The smallest absolute Gasteiger partial charge is 0.255 e. The van der Waals surface area contributed by atoms with E-state index < -0.39 is 0 Å². The Kier molecular flexibility index (Phi) is 5.15. The molecule has 0 aliphatic rings. The third-order valence-electron chi connectivity index (χ3n) is 3.97. The van der Waals surface area contributed by atoms with Crippen LogP contribution in [0.25, 0.3) is 0 Å². The first-order valence-electron chi connectivity index (χ1n) is 7.64. The van der Waals surface area contributed by atoms with E-state index in [2.05, 4.69) is 38.2 Å². The van der Waals surface area contributed by atoms with Crippen LogP contribution in [0.1, 0.15) is 54.6 Å². The average molecular weight is 281 g/mol. The SMILES string of the molecule is CCc1ccc(C(=O)Nc2ccc([C@@H](C)CC)cc2)cc1. The third kappa shape index (κ3) is 3.94. The third-order valence-corrected chi connectivity index (χ3v) is 3.97. The number of carbonyl (C=O) groups is 1. The molecular weight excluding hydrogens is 258 g/mol. The topological polar surface area (TPSA) is 29.1 Å². The van der Waals surface area contributed by atoms with Crippen molar-refractivity contribution in [2.45, 2.75) is 39.5 Å². The normalized spacial score (nSPS) is 12.0. The van der Waals surface area contributed by atoms with Crippen molar-refractivity contribution in [2.24, 2.45) is 0 Å². The minimum Gasteiger partial charge on any atom is -0.322 e. The summed E-state index contributed by atoms with van der Waals surface area (Å²) < 4.78 is 0. The molecule has 0 fully saturated rings. The van der Waals surface area contributed by atoms with Gasteiger partial charge in [0.2, 0.25) is 0 Å². The summed E-state index contributed by atoms with van der Waals surface area (Å²) in [6.45, 7) is 6.50. The number of hydrogen-bond donors (Lipinski definition) is 1. The lowest BCUT2D eigenvalue weighted by Gasteiger charge is -2.10. The Morgan fingerprint density at radius 2 is 1.62 bits per heavy atom. The highest BCUT2D eigenvalue weighted by Crippen LogP contribution is 2.20. The molecule has 0 aliphatic heterocycles. The van der Waals surface area contributed by atoms with Crippen LogP contribution in [-0.2, 0) is 6.42 Å². The lowest BCUT2D eigenvalue weighted by Crippen LogP contribution is -2.11. The number of nitrogens with one attached hydrogen (secondary N) is 1. The van der Waals surface area contributed by atoms with E-state index in [1.807, 2.05) is 36.4 Å². The Morgan fingerprint density at radius 1 is 1.00 bits per heavy atom. The molecule has 0 bridgehead atoms. The van der Waals surface area contributed by atoms with Crippen LogP contribution in [0, 0.1) is 0 Å². The van der Waals surface area contributed by atoms with Crippen LogP contribution in [0.2, 0.25) is 0 Å². The van der Waals surface area contributed by atoms with Crippen molar-refractivity contribution >= 4 is 11.6 Å². The molecule has 2 aromatic carbocycles. The van der Waals surface area contributed by atoms with Gasteiger partial charge >= 0.3 is 0 Å². The molecular formula is C19H23NO. The van der Waals surface area contributed by atoms with E-state index in [1.165, 1.54) is 11.1 Å². The van der Waals surface area contributed by atoms with Crippen LogP contribution in [0.4, 0.5) is 5.69 Å². The molecule has 0 aliphatic carbocycles. The van der Waals surface area contributed by atoms with Gasteiger partial charge in [0.15, 0.2) is 0 Å². The number of amides is 1. The molecule has 21 heavy (non-hydrogen) atoms. The summed E-state index contributed by atoms with van der Waals surface area (Å²) in [4.78, 5) is 12.2. The maximum Gasteiger partial charge on any atom is 0.255 e. The summed E-state index contributed by atoms with van der Waals surface area (Å²) in [5.74, 6) is 0.491. The van der Waals surface area contributed by atoms with Crippen molar-refractivity contribution in [3.63, 3.8) is 0 Å². The van der Waals surface area contributed by atoms with E-state index in [-0.39, 0.29) is 5.91 Å². The second kappa shape index (κ2) is 7.07. The summed E-state index contributed by atoms with van der Waals surface area (Å²) in [7, 11) is 0. The number of carbonyl (C=O) groups excluding carboxylic acids is 1. The van der Waals surface area contributed by atoms with Gasteiger partial charge in [-0.2, -0.15) is 0 Å². The van der Waals surface area contributed by atoms with Crippen LogP contribution in [0.15, 0.2) is 48.5 Å². The van der Waals surface area contributed by atoms with Gasteiger partial charge in [0.1, 0.15) is 0 Å². The number of hydrogen-bond acceptors (Lipinski definition) is 1. The molecule has 0 saturated heterocycles. The summed E-state index contributed by atoms with van der Waals surface area (Å²) >= 11 is 0. The zero-order chi connectivity index (χ0) is 15.2. The standard InChI is InChI=1S/C19H23NO/c1-4-14(3)16-10-12-18(13-11-16)20-19(21)17-8-6-15(5-2)7-9-17/h6-14H,4-5H2,1-3H3,(H,20,21)/t14-/m0/s1. The number of aryl methyl sites for hydroxylation is 1. The maximum atomic E-state index is 12.2. The second-order valence-electron chi connectivity index (χ2n) is 5.44. The zero-order valence-electron chi connectivity index (χ0n) is 13.0. The summed E-state index contributed by atoms with van der Waals surface area (Å²) in [6.07, 6.45) is 2.11. The minimum absolute atomic E-state index is 0.0612. The molecule has 2 aromatic rings. The fourth-order valence-electron chi connectivity index (χ4n) is 2.23. The monoisotopic (exact) mass is 281 g/mol. The van der Waals surface area contributed by atoms with Crippen molar-refractivity contribution < 1.29 is 4.79 Å². The largest absolute Gasteiger partial charge is 0.322 e. The van der Waals surface area contributed by atoms with E-state index in [0.29, 0.717) is 11.5 Å². The molecule has 0 spiro atoms. The van der Waals surface area contributed by atoms with Crippen LogP contribution in [-0.4, -0.2) is 5.91 Å². The van der Waals surface area contributed by atoms with Gasteiger partial charge in [-0.15, -0.1) is 0 Å². The van der Waals surface area contributed by atoms with Crippen LogP contribution >= 0.6 is 0 Å². The Bertz CT molecular complexity index is 584. The summed E-state index contributed by atoms with van der Waals surface area (Å²) in [6, 6.07) is 15.9. The molecule has 1 atom stereocenters. The number of rotatable bonds is 5. The molecule has 1 N–H and O–H groups in total. The van der Waals surface area contributed by atoms with Crippen molar-refractivity contribution in [2.75, 3.05) is 5.32 Å². The Morgan fingerprint density at radius 3 is 2.14 bits per heavy atom. The molecule has 2 heteroatoms. The molecule has 110 valence electrons. The molecule has 0 aromatic heterocycles. The molecule has 0 unspecified atom stereocenters. The first-order valence-corrected chi connectivity index (χ1v) is 7.64. The molecule has 0 saturated carbocycles. The van der Waals surface area contributed by atoms with E-state index in [1.54, 1.807) is 0 Å². The van der Waals surface area contributed by atoms with Crippen LogP contribution < -0.4 is 5.32 Å². The number of benzene rings is 2. The summed E-state index contributed by atoms with van der Waals surface area (Å²) in [5.41, 5.74) is 4.08. The van der Waals surface area contributed by atoms with Gasteiger partial charge in [0.25, 0.3) is 5.91 Å². The second-order valence-corrected chi connectivity index (χ2v) is 5.44. The van der Waals surface area contributed by atoms with E-state index >= 15 is 0 Å². The fourth-order valence-corrected chi connectivity index (χ4v) is 2.23. The van der Waals surface area contributed by atoms with Crippen molar-refractivity contribution in [3.8, 4) is 0 Å². The van der Waals surface area contributed by atoms with Crippen molar-refractivity contribution in [3.05, 3.63) is 65.2 Å². The van der Waals surface area contributed by atoms with Gasteiger partial charge in [-0.05, 0) is 54.2 Å². The van der Waals surface area contributed by atoms with Crippen LogP contribution in [0.3, 0.4) is 0 Å². The van der Waals surface area contributed by atoms with E-state index in [9.17, 15) is 4.79 Å². The minimum atomic E-state index is -0.0612. The highest BCUT2D eigenvalue weighted by Gasteiger charge is 2.07. The van der Waals surface area contributed by atoms with E-state index in [4.69, 9.17) is 0 Å². The average Bonchev–Trinajstić information content (AvgIpc) is 2.55. The van der Waals surface area contributed by atoms with Gasteiger partial charge in [0.05, 0.1) is 0 Å². The summed E-state index contributed by atoms with van der Waals surface area (Å²) in [5, 5.41) is 2.94. The highest BCUT2D eigenvalue weighted by atomic mass is 16.1. The molecule has 1 amide bonds. The lowest BCUT2D eigenvalue weighted by atomic mass is 9.98. The zero-order valence-corrected chi connectivity index (χ0v) is 13.0. The van der Waals surface area contributed by atoms with Crippen LogP contribution in [0.5, 0.6) is 0 Å². The highest BCUT2D eigenvalue weighted by molar-refractivity contribution is 6.04. The van der Waals surface area contributed by atoms with Gasteiger partial charge in [-0.3, -0.25) is 4.79 Å². The predicted molar refractivity (Wildman–Crippen MR) is 88.9 cm³/mol. The van der Waals surface area contributed by atoms with Gasteiger partial charge in [0, 0.05) is 11.3 Å². The first-order chi connectivity index (χ1) is 10.1. The maximum absolute atomic E-state index is 12.2. The van der Waals surface area contributed by atoms with Gasteiger partial charge in [-0.25, -0.2) is 0 Å². The molecule has 0 radical (unpaired) electrons. The van der Waals surface area contributed by atoms with E-state index in [0.717, 1.165) is 18.5 Å².